The first kappa shape index (κ1) is 8.31. The third-order valence-corrected chi connectivity index (χ3v) is 1.92. The Labute approximate surface area is 66.0 Å². The largest absolute Gasteiger partial charge is 0.596 e. The molecular weight excluding hydrogens is 161 g/mol. The zero-order valence-electron chi connectivity index (χ0n) is 5.93. The maximum absolute atomic E-state index is 10.2. The van der Waals surface area contributed by atoms with Crippen LogP contribution in [0, 0.1) is 0 Å². The summed E-state index contributed by atoms with van der Waals surface area (Å²) < 4.78 is 10.2. The lowest BCUT2D eigenvalue weighted by atomic mass is 10.2. The summed E-state index contributed by atoms with van der Waals surface area (Å²) in [6, 6.07) is 3.64. The monoisotopic (exact) mass is 169 g/mol. The maximum Gasteiger partial charge on any atom is 0.309 e. The van der Waals surface area contributed by atoms with Gasteiger partial charge < -0.3 is 4.89 Å². The maximum atomic E-state index is 10.2. The lowest BCUT2D eigenvalue weighted by Gasteiger charge is -1.93. The Morgan fingerprint density at radius 1 is 1.45 bits per heavy atom. The van der Waals surface area contributed by atoms with Gasteiger partial charge in [0.15, 0.2) is 0 Å². The van der Waals surface area contributed by atoms with E-state index in [0.29, 0.717) is 6.42 Å². The van der Waals surface area contributed by atoms with Crippen molar-refractivity contribution in [3.05, 3.63) is 30.1 Å². The highest BCUT2D eigenvalue weighted by Crippen LogP contribution is 2.09. The summed E-state index contributed by atoms with van der Waals surface area (Å²) in [5.41, 5.74) is 1.01. The van der Waals surface area contributed by atoms with Crippen LogP contribution in [0.1, 0.15) is 5.56 Å². The normalized spacial score (nSPS) is 11.2. The summed E-state index contributed by atoms with van der Waals surface area (Å²) in [7, 11) is -2.24. The van der Waals surface area contributed by atoms with Gasteiger partial charge >= 0.3 is 8.03 Å². The van der Waals surface area contributed by atoms with Crippen molar-refractivity contribution in [3.63, 3.8) is 0 Å². The quantitative estimate of drug-likeness (QED) is 0.626. The second-order valence-corrected chi connectivity index (χ2v) is 3.27. The first-order chi connectivity index (χ1) is 5.29. The van der Waals surface area contributed by atoms with Gasteiger partial charge in [0.25, 0.3) is 0 Å². The molecule has 1 rings (SSSR count). The molecule has 0 saturated carbocycles. The Balaban J connectivity index is 2.45. The molecule has 3 nitrogen and oxygen atoms in total. The van der Waals surface area contributed by atoms with Crippen LogP contribution < -0.4 is 4.89 Å². The van der Waals surface area contributed by atoms with E-state index in [1.165, 1.54) is 0 Å². The fourth-order valence-corrected chi connectivity index (χ4v) is 1.21. The van der Waals surface area contributed by atoms with Crippen molar-refractivity contribution < 1.29 is 9.46 Å². The highest BCUT2D eigenvalue weighted by atomic mass is 31.1. The van der Waals surface area contributed by atoms with Gasteiger partial charge in [0, 0.05) is 18.8 Å². The van der Waals surface area contributed by atoms with Crippen molar-refractivity contribution in [2.75, 3.05) is 6.16 Å². The van der Waals surface area contributed by atoms with Gasteiger partial charge in [-0.2, -0.15) is 0 Å². The molecule has 0 fully saturated rings. The van der Waals surface area contributed by atoms with E-state index in [-0.39, 0.29) is 6.16 Å². The molecule has 0 aliphatic rings. The Hall–Kier alpha value is -0.790. The number of hydrogen-bond donors (Lipinski definition) is 0. The van der Waals surface area contributed by atoms with E-state index in [0.717, 1.165) is 5.56 Å². The minimum atomic E-state index is -2.24. The van der Waals surface area contributed by atoms with Gasteiger partial charge in [0.1, 0.15) is 6.16 Å². The van der Waals surface area contributed by atoms with E-state index >= 15 is 0 Å². The van der Waals surface area contributed by atoms with Gasteiger partial charge in [-0.3, -0.25) is 4.98 Å². The lowest BCUT2D eigenvalue weighted by Crippen LogP contribution is -1.95. The fourth-order valence-electron chi connectivity index (χ4n) is 0.770. The SMILES string of the molecule is O=[P+]([O-])CCc1ccncc1. The lowest BCUT2D eigenvalue weighted by molar-refractivity contribution is -0.164. The minimum Gasteiger partial charge on any atom is -0.596 e. The molecule has 0 aromatic carbocycles. The van der Waals surface area contributed by atoms with Gasteiger partial charge in [-0.25, -0.2) is 0 Å². The van der Waals surface area contributed by atoms with Crippen molar-refractivity contribution >= 4 is 8.03 Å². The molecule has 0 aliphatic carbocycles. The molecule has 1 aromatic rings. The van der Waals surface area contributed by atoms with Gasteiger partial charge in [-0.15, -0.1) is 0 Å². The fraction of sp³-hybridized carbons (Fsp3) is 0.286. The summed E-state index contributed by atoms with van der Waals surface area (Å²) in [6.07, 6.45) is 4.13. The van der Waals surface area contributed by atoms with Crippen molar-refractivity contribution in [3.8, 4) is 0 Å². The Bertz CT molecular complexity index is 237. The second kappa shape index (κ2) is 4.16. The predicted octanol–water partition coefficient (Wildman–Crippen LogP) is 0.727. The molecule has 0 spiro atoms. The predicted molar refractivity (Wildman–Crippen MR) is 40.4 cm³/mol. The number of hydrogen-bond acceptors (Lipinski definition) is 3. The van der Waals surface area contributed by atoms with E-state index in [4.69, 9.17) is 0 Å². The van der Waals surface area contributed by atoms with Gasteiger partial charge in [0.05, 0.1) is 0 Å². The molecule has 58 valence electrons. The molecule has 11 heavy (non-hydrogen) atoms. The number of aromatic nitrogens is 1. The molecule has 1 unspecified atom stereocenters. The van der Waals surface area contributed by atoms with E-state index < -0.39 is 8.03 Å². The Morgan fingerprint density at radius 3 is 2.64 bits per heavy atom. The van der Waals surface area contributed by atoms with Crippen LogP contribution in [-0.4, -0.2) is 11.1 Å². The Morgan fingerprint density at radius 2 is 2.09 bits per heavy atom. The van der Waals surface area contributed by atoms with Crippen LogP contribution >= 0.6 is 8.03 Å². The molecule has 4 heteroatoms. The van der Waals surface area contributed by atoms with Crippen molar-refractivity contribution in [1.29, 1.82) is 0 Å². The van der Waals surface area contributed by atoms with Gasteiger partial charge in [0.2, 0.25) is 0 Å². The van der Waals surface area contributed by atoms with Gasteiger partial charge in [-0.05, 0) is 17.7 Å². The van der Waals surface area contributed by atoms with Crippen LogP contribution in [0.5, 0.6) is 0 Å². The zero-order chi connectivity index (χ0) is 8.10. The third-order valence-electron chi connectivity index (χ3n) is 1.33. The van der Waals surface area contributed by atoms with Crippen molar-refractivity contribution in [2.24, 2.45) is 0 Å². The van der Waals surface area contributed by atoms with Crippen molar-refractivity contribution in [2.45, 2.75) is 6.42 Å². The highest BCUT2D eigenvalue weighted by molar-refractivity contribution is 7.36. The average molecular weight is 169 g/mol. The molecule has 0 radical (unpaired) electrons. The molecule has 0 N–H and O–H groups in total. The van der Waals surface area contributed by atoms with E-state index in [9.17, 15) is 9.46 Å². The topological polar surface area (TPSA) is 53.0 Å². The molecule has 0 saturated heterocycles. The molecule has 1 heterocycles. The number of aryl methyl sites for hydroxylation is 1. The van der Waals surface area contributed by atoms with E-state index in [1.807, 2.05) is 12.1 Å². The van der Waals surface area contributed by atoms with Crippen LogP contribution in [0.2, 0.25) is 0 Å². The first-order valence-electron chi connectivity index (χ1n) is 3.30. The molecule has 0 aliphatic heterocycles. The standard InChI is InChI=1S/C7H8NO2P/c9-11(10)6-3-7-1-4-8-5-2-7/h1-2,4-5H,3,6H2. The first-order valence-corrected chi connectivity index (χ1v) is 4.66. The highest BCUT2D eigenvalue weighted by Gasteiger charge is 2.00. The van der Waals surface area contributed by atoms with E-state index in [2.05, 4.69) is 4.98 Å². The Kier molecular flexibility index (Phi) is 3.14. The summed E-state index contributed by atoms with van der Waals surface area (Å²) >= 11 is 0. The summed E-state index contributed by atoms with van der Waals surface area (Å²) in [4.78, 5) is 14.0. The van der Waals surface area contributed by atoms with Crippen LogP contribution in [0.4, 0.5) is 0 Å². The van der Waals surface area contributed by atoms with E-state index in [1.54, 1.807) is 12.4 Å². The molecule has 0 bridgehead atoms. The minimum absolute atomic E-state index is 0.222. The van der Waals surface area contributed by atoms with Crippen LogP contribution in [0.3, 0.4) is 0 Å². The summed E-state index contributed by atoms with van der Waals surface area (Å²) in [6.45, 7) is 0. The summed E-state index contributed by atoms with van der Waals surface area (Å²) in [5, 5.41) is 0. The molecule has 1 aromatic heterocycles. The van der Waals surface area contributed by atoms with Crippen molar-refractivity contribution in [1.82, 2.24) is 4.98 Å². The number of nitrogens with zero attached hydrogens (tertiary/aromatic N) is 1. The summed E-state index contributed by atoms with van der Waals surface area (Å²) in [5.74, 6) is 0. The third kappa shape index (κ3) is 3.21. The number of pyridine rings is 1. The van der Waals surface area contributed by atoms with Crippen LogP contribution in [0.15, 0.2) is 24.5 Å². The van der Waals surface area contributed by atoms with Gasteiger partial charge in [-0.1, -0.05) is 4.57 Å². The molecular formula is C7H8NO2P. The van der Waals surface area contributed by atoms with Crippen LogP contribution in [-0.2, 0) is 11.0 Å². The van der Waals surface area contributed by atoms with Crippen LogP contribution in [0.25, 0.3) is 0 Å². The second-order valence-electron chi connectivity index (χ2n) is 2.16. The smallest absolute Gasteiger partial charge is 0.309 e. The zero-order valence-corrected chi connectivity index (χ0v) is 6.83. The average Bonchev–Trinajstić information content (AvgIpc) is 2.03. The molecule has 1 atom stereocenters. The number of rotatable bonds is 3. The molecule has 0 amide bonds.